The van der Waals surface area contributed by atoms with Gasteiger partial charge in [-0.1, -0.05) is 26.0 Å². The minimum Gasteiger partial charge on any atom is -0.331 e. The monoisotopic (exact) mass is 259 g/mol. The van der Waals surface area contributed by atoms with E-state index < -0.39 is 0 Å². The number of aromatic nitrogens is 2. The molecule has 0 saturated carbocycles. The molecule has 2 atom stereocenters. The summed E-state index contributed by atoms with van der Waals surface area (Å²) in [5.74, 6) is 1.84. The van der Waals surface area contributed by atoms with Gasteiger partial charge in [0, 0.05) is 19.5 Å². The van der Waals surface area contributed by atoms with Gasteiger partial charge in [-0.05, 0) is 37.9 Å². The quantitative estimate of drug-likeness (QED) is 0.863. The van der Waals surface area contributed by atoms with Gasteiger partial charge in [-0.3, -0.25) is 0 Å². The topological polar surface area (TPSA) is 29.9 Å². The lowest BCUT2D eigenvalue weighted by atomic mass is 9.99. The van der Waals surface area contributed by atoms with Crippen LogP contribution in [0.15, 0.2) is 24.3 Å². The first-order valence-electron chi connectivity index (χ1n) is 7.25. The molecule has 104 valence electrons. The number of para-hydroxylation sites is 2. The van der Waals surface area contributed by atoms with E-state index in [1.807, 2.05) is 0 Å². The van der Waals surface area contributed by atoms with E-state index in [1.54, 1.807) is 0 Å². The maximum absolute atomic E-state index is 4.75. The Morgan fingerprint density at radius 1 is 1.26 bits per heavy atom. The fraction of sp³-hybridized carbons (Fsp3) is 0.562. The zero-order chi connectivity index (χ0) is 13.8. The van der Waals surface area contributed by atoms with Gasteiger partial charge in [0.05, 0.1) is 11.0 Å². The Kier molecular flexibility index (Phi) is 4.59. The maximum Gasteiger partial charge on any atom is 0.109 e. The normalized spacial score (nSPS) is 14.7. The van der Waals surface area contributed by atoms with Crippen LogP contribution in [0.2, 0.25) is 0 Å². The molecule has 1 N–H and O–H groups in total. The van der Waals surface area contributed by atoms with Gasteiger partial charge in [0.25, 0.3) is 0 Å². The highest BCUT2D eigenvalue weighted by atomic mass is 15.1. The summed E-state index contributed by atoms with van der Waals surface area (Å²) in [5.41, 5.74) is 2.33. The Bertz CT molecular complexity index is 530. The number of nitrogens with one attached hydrogen (secondary N) is 1. The number of fused-ring (bicyclic) bond motifs is 1. The molecule has 1 heterocycles. The maximum atomic E-state index is 4.75. The molecular formula is C16H25N3. The van der Waals surface area contributed by atoms with E-state index in [2.05, 4.69) is 62.0 Å². The molecule has 0 amide bonds. The van der Waals surface area contributed by atoms with Gasteiger partial charge in [-0.15, -0.1) is 0 Å². The van der Waals surface area contributed by atoms with Crippen molar-refractivity contribution in [1.82, 2.24) is 14.9 Å². The number of nitrogens with zero attached hydrogens (tertiary/aromatic N) is 2. The smallest absolute Gasteiger partial charge is 0.109 e. The van der Waals surface area contributed by atoms with Gasteiger partial charge in [-0.25, -0.2) is 4.98 Å². The van der Waals surface area contributed by atoms with E-state index in [4.69, 9.17) is 4.98 Å². The summed E-state index contributed by atoms with van der Waals surface area (Å²) < 4.78 is 2.23. The Hall–Kier alpha value is -1.35. The lowest BCUT2D eigenvalue weighted by molar-refractivity contribution is 0.418. The number of hydrogen-bond acceptors (Lipinski definition) is 2. The van der Waals surface area contributed by atoms with Crippen molar-refractivity contribution in [1.29, 1.82) is 0 Å². The van der Waals surface area contributed by atoms with Crippen LogP contribution in [-0.4, -0.2) is 22.1 Å². The van der Waals surface area contributed by atoms with Crippen LogP contribution in [-0.2, 0) is 13.5 Å². The van der Waals surface area contributed by atoms with Crippen LogP contribution in [0.3, 0.4) is 0 Å². The highest BCUT2D eigenvalue weighted by Crippen LogP contribution is 2.18. The molecule has 19 heavy (non-hydrogen) atoms. The van der Waals surface area contributed by atoms with Crippen molar-refractivity contribution in [2.75, 3.05) is 6.54 Å². The molecule has 3 heteroatoms. The average Bonchev–Trinajstić information content (AvgIpc) is 2.67. The number of imidazole rings is 1. The van der Waals surface area contributed by atoms with E-state index in [-0.39, 0.29) is 0 Å². The van der Waals surface area contributed by atoms with Gasteiger partial charge in [0.1, 0.15) is 5.82 Å². The first kappa shape index (κ1) is 14.1. The zero-order valence-electron chi connectivity index (χ0n) is 12.5. The fourth-order valence-corrected chi connectivity index (χ4v) is 2.81. The molecule has 2 unspecified atom stereocenters. The lowest BCUT2D eigenvalue weighted by Crippen LogP contribution is -2.28. The summed E-state index contributed by atoms with van der Waals surface area (Å²) in [6.07, 6.45) is 2.23. The first-order chi connectivity index (χ1) is 9.11. The summed E-state index contributed by atoms with van der Waals surface area (Å²) in [4.78, 5) is 4.75. The van der Waals surface area contributed by atoms with Gasteiger partial charge in [-0.2, -0.15) is 0 Å². The fourth-order valence-electron chi connectivity index (χ4n) is 2.81. The van der Waals surface area contributed by atoms with Crippen molar-refractivity contribution in [2.24, 2.45) is 13.0 Å². The second-order valence-corrected chi connectivity index (χ2v) is 5.58. The van der Waals surface area contributed by atoms with Crippen molar-refractivity contribution in [3.63, 3.8) is 0 Å². The van der Waals surface area contributed by atoms with Crippen LogP contribution >= 0.6 is 0 Å². The van der Waals surface area contributed by atoms with E-state index in [1.165, 1.54) is 17.8 Å². The van der Waals surface area contributed by atoms with E-state index >= 15 is 0 Å². The molecule has 0 saturated heterocycles. The van der Waals surface area contributed by atoms with Crippen molar-refractivity contribution < 1.29 is 0 Å². The van der Waals surface area contributed by atoms with Gasteiger partial charge >= 0.3 is 0 Å². The average molecular weight is 259 g/mol. The summed E-state index contributed by atoms with van der Waals surface area (Å²) in [5, 5.41) is 3.48. The number of benzene rings is 1. The second-order valence-electron chi connectivity index (χ2n) is 5.58. The minimum absolute atomic E-state index is 0.578. The predicted molar refractivity (Wildman–Crippen MR) is 81.3 cm³/mol. The molecule has 0 fully saturated rings. The summed E-state index contributed by atoms with van der Waals surface area (Å²) in [6, 6.07) is 8.93. The Balaban J connectivity index is 2.06. The van der Waals surface area contributed by atoms with Gasteiger partial charge in [0.15, 0.2) is 0 Å². The zero-order valence-corrected chi connectivity index (χ0v) is 12.5. The van der Waals surface area contributed by atoms with E-state index in [9.17, 15) is 0 Å². The van der Waals surface area contributed by atoms with Crippen LogP contribution in [0.1, 0.15) is 33.0 Å². The second kappa shape index (κ2) is 6.20. The van der Waals surface area contributed by atoms with Crippen molar-refractivity contribution in [3.8, 4) is 0 Å². The third kappa shape index (κ3) is 3.35. The molecule has 2 rings (SSSR count). The molecule has 2 aromatic rings. The molecule has 0 aliphatic heterocycles. The molecule has 1 aromatic heterocycles. The molecule has 0 aliphatic rings. The van der Waals surface area contributed by atoms with Crippen molar-refractivity contribution >= 4 is 11.0 Å². The molecule has 0 aliphatic carbocycles. The van der Waals surface area contributed by atoms with Crippen molar-refractivity contribution in [3.05, 3.63) is 30.1 Å². The van der Waals surface area contributed by atoms with E-state index in [0.29, 0.717) is 12.0 Å². The molecule has 3 nitrogen and oxygen atoms in total. The number of rotatable bonds is 6. The Labute approximate surface area is 116 Å². The first-order valence-corrected chi connectivity index (χ1v) is 7.25. The van der Waals surface area contributed by atoms with E-state index in [0.717, 1.165) is 18.5 Å². The predicted octanol–water partition coefficient (Wildman–Crippen LogP) is 3.14. The molecular weight excluding hydrogens is 234 g/mol. The highest BCUT2D eigenvalue weighted by Gasteiger charge is 2.13. The van der Waals surface area contributed by atoms with Crippen LogP contribution in [0.4, 0.5) is 0 Å². The molecule has 0 spiro atoms. The summed E-state index contributed by atoms with van der Waals surface area (Å²) in [6.45, 7) is 7.77. The molecule has 1 aromatic carbocycles. The highest BCUT2D eigenvalue weighted by molar-refractivity contribution is 5.75. The SMILES string of the molecule is CCNC(C)CC(C)Cc1nc2ccccc2n1C. The Morgan fingerprint density at radius 2 is 2.00 bits per heavy atom. The number of aryl methyl sites for hydroxylation is 1. The van der Waals surface area contributed by atoms with Gasteiger partial charge < -0.3 is 9.88 Å². The van der Waals surface area contributed by atoms with Crippen LogP contribution in [0.5, 0.6) is 0 Å². The standard InChI is InChI=1S/C16H25N3/c1-5-17-13(3)10-12(2)11-16-18-14-8-6-7-9-15(14)19(16)4/h6-9,12-13,17H,5,10-11H2,1-4H3. The largest absolute Gasteiger partial charge is 0.331 e. The molecule has 0 radical (unpaired) electrons. The van der Waals surface area contributed by atoms with Crippen LogP contribution in [0, 0.1) is 5.92 Å². The summed E-state index contributed by atoms with van der Waals surface area (Å²) in [7, 11) is 2.12. The van der Waals surface area contributed by atoms with Crippen LogP contribution < -0.4 is 5.32 Å². The third-order valence-electron chi connectivity index (χ3n) is 3.72. The van der Waals surface area contributed by atoms with Crippen LogP contribution in [0.25, 0.3) is 11.0 Å². The summed E-state index contributed by atoms with van der Waals surface area (Å²) >= 11 is 0. The van der Waals surface area contributed by atoms with Gasteiger partial charge in [0.2, 0.25) is 0 Å². The minimum atomic E-state index is 0.578. The Morgan fingerprint density at radius 3 is 2.68 bits per heavy atom. The molecule has 0 bridgehead atoms. The van der Waals surface area contributed by atoms with Crippen molar-refractivity contribution in [2.45, 2.75) is 39.7 Å². The lowest BCUT2D eigenvalue weighted by Gasteiger charge is -2.17. The number of hydrogen-bond donors (Lipinski definition) is 1. The third-order valence-corrected chi connectivity index (χ3v) is 3.72.